The quantitative estimate of drug-likeness (QED) is 0.432. The Morgan fingerprint density at radius 1 is 0.889 bits per heavy atom. The highest BCUT2D eigenvalue weighted by Gasteiger charge is 2.19. The van der Waals surface area contributed by atoms with Crippen molar-refractivity contribution >= 4 is 11.9 Å². The molecule has 0 aliphatic carbocycles. The van der Waals surface area contributed by atoms with Crippen LogP contribution in [0.5, 0.6) is 0 Å². The van der Waals surface area contributed by atoms with Gasteiger partial charge in [-0.15, -0.1) is 0 Å². The van der Waals surface area contributed by atoms with Gasteiger partial charge in [-0.1, -0.05) is 13.8 Å². The largest absolute Gasteiger partial charge is 0.480 e. The first kappa shape index (κ1) is 19.2. The number of carbonyl (C=O) groups is 2. The predicted octanol–water partition coefficient (Wildman–Crippen LogP) is -0.645. The second kappa shape index (κ2) is 9.81. The van der Waals surface area contributed by atoms with Crippen molar-refractivity contribution in [1.29, 1.82) is 0 Å². The van der Waals surface area contributed by atoms with Crippen LogP contribution >= 0.6 is 0 Å². The second-order valence-corrected chi connectivity index (χ2v) is 4.19. The Labute approximate surface area is 107 Å². The summed E-state index contributed by atoms with van der Waals surface area (Å²) in [6, 6.07) is -1.27. The fourth-order valence-corrected chi connectivity index (χ4v) is 1.31. The minimum absolute atomic E-state index is 0.146. The molecule has 5 N–H and O–H groups in total. The normalized spacial score (nSPS) is 15.3. The Hall–Kier alpha value is -1.18. The van der Waals surface area contributed by atoms with E-state index >= 15 is 0 Å². The summed E-state index contributed by atoms with van der Waals surface area (Å²) in [5.41, 5.74) is 0. The Morgan fingerprint density at radius 3 is 1.22 bits per heavy atom. The molecule has 108 valence electrons. The van der Waals surface area contributed by atoms with Gasteiger partial charge in [0.2, 0.25) is 0 Å². The van der Waals surface area contributed by atoms with Crippen LogP contribution in [0.2, 0.25) is 0 Å². The number of hydrogen-bond acceptors (Lipinski definition) is 5. The van der Waals surface area contributed by atoms with E-state index in [-0.39, 0.29) is 5.92 Å². The van der Waals surface area contributed by atoms with Gasteiger partial charge >= 0.3 is 11.9 Å². The van der Waals surface area contributed by atoms with E-state index in [4.69, 9.17) is 15.3 Å². The molecular weight excluding hydrogens is 240 g/mol. The molecule has 0 radical (unpaired) electrons. The lowest BCUT2D eigenvalue weighted by Gasteiger charge is -2.13. The molecule has 3 atom stereocenters. The van der Waals surface area contributed by atoms with Gasteiger partial charge in [-0.25, -0.2) is 0 Å². The van der Waals surface area contributed by atoms with Crippen LogP contribution in [-0.4, -0.2) is 59.5 Å². The van der Waals surface area contributed by atoms with Gasteiger partial charge in [0.05, 0.1) is 6.10 Å². The first-order chi connectivity index (χ1) is 8.18. The molecule has 0 saturated heterocycles. The third kappa shape index (κ3) is 7.99. The van der Waals surface area contributed by atoms with E-state index in [2.05, 4.69) is 10.6 Å². The summed E-state index contributed by atoms with van der Waals surface area (Å²) in [5.74, 6) is -1.67. The maximum absolute atomic E-state index is 10.3. The minimum atomic E-state index is -1.03. The topological polar surface area (TPSA) is 119 Å². The lowest BCUT2D eigenvalue weighted by Crippen LogP contribution is -2.42. The lowest BCUT2D eigenvalue weighted by molar-refractivity contribution is -0.142. The zero-order valence-corrected chi connectivity index (χ0v) is 11.5. The third-order valence-electron chi connectivity index (χ3n) is 2.30. The summed E-state index contributed by atoms with van der Waals surface area (Å²) >= 11 is 0. The number of aliphatic hydroxyl groups excluding tert-OH is 1. The fraction of sp³-hybridized carbons (Fsp3) is 0.818. The molecule has 0 bridgehead atoms. The number of carboxylic acid groups (broad SMARTS) is 2. The van der Waals surface area contributed by atoms with Crippen molar-refractivity contribution < 1.29 is 24.9 Å². The highest BCUT2D eigenvalue weighted by Crippen LogP contribution is 1.99. The number of hydrogen-bond donors (Lipinski definition) is 5. The molecule has 0 saturated carbocycles. The van der Waals surface area contributed by atoms with Gasteiger partial charge in [-0.2, -0.15) is 0 Å². The molecule has 0 heterocycles. The van der Waals surface area contributed by atoms with Crippen molar-refractivity contribution in [3.05, 3.63) is 0 Å². The van der Waals surface area contributed by atoms with Crippen LogP contribution in [-0.2, 0) is 9.59 Å². The van der Waals surface area contributed by atoms with Crippen molar-refractivity contribution in [1.82, 2.24) is 10.6 Å². The molecule has 0 fully saturated rings. The average Bonchev–Trinajstić information content (AvgIpc) is 2.17. The Balaban J connectivity index is 0. The van der Waals surface area contributed by atoms with Crippen molar-refractivity contribution in [3.63, 3.8) is 0 Å². The average molecular weight is 264 g/mol. The van der Waals surface area contributed by atoms with Crippen LogP contribution in [0.15, 0.2) is 0 Å². The van der Waals surface area contributed by atoms with E-state index in [1.54, 1.807) is 7.05 Å². The summed E-state index contributed by atoms with van der Waals surface area (Å²) in [4.78, 5) is 20.5. The number of aliphatic carboxylic acids is 2. The van der Waals surface area contributed by atoms with Crippen LogP contribution in [0.25, 0.3) is 0 Å². The van der Waals surface area contributed by atoms with Gasteiger partial charge in [-0.3, -0.25) is 9.59 Å². The highest BCUT2D eigenvalue weighted by molar-refractivity contribution is 5.74. The van der Waals surface area contributed by atoms with Gasteiger partial charge in [0.1, 0.15) is 12.1 Å². The number of likely N-dealkylation sites (N-methyl/N-ethyl adjacent to an activating group) is 2. The number of carboxylic acids is 2. The Morgan fingerprint density at radius 2 is 1.22 bits per heavy atom. The summed E-state index contributed by atoms with van der Waals surface area (Å²) in [6.07, 6.45) is -0.854. The smallest absolute Gasteiger partial charge is 0.323 e. The van der Waals surface area contributed by atoms with E-state index in [1.165, 1.54) is 14.0 Å². The van der Waals surface area contributed by atoms with Crippen molar-refractivity contribution in [2.75, 3.05) is 14.1 Å². The minimum Gasteiger partial charge on any atom is -0.480 e. The first-order valence-electron chi connectivity index (χ1n) is 5.67. The van der Waals surface area contributed by atoms with Crippen LogP contribution in [0, 0.1) is 5.92 Å². The van der Waals surface area contributed by atoms with Crippen molar-refractivity contribution in [2.45, 2.75) is 39.0 Å². The summed E-state index contributed by atoms with van der Waals surface area (Å²) in [7, 11) is 3.14. The van der Waals surface area contributed by atoms with Crippen molar-refractivity contribution in [3.8, 4) is 0 Å². The Kier molecular flexibility index (Phi) is 10.4. The van der Waals surface area contributed by atoms with Crippen LogP contribution < -0.4 is 10.6 Å². The maximum atomic E-state index is 10.3. The molecule has 18 heavy (non-hydrogen) atoms. The summed E-state index contributed by atoms with van der Waals surface area (Å²) in [5, 5.41) is 30.7. The maximum Gasteiger partial charge on any atom is 0.323 e. The Bertz CT molecular complexity index is 230. The summed E-state index contributed by atoms with van der Waals surface area (Å²) < 4.78 is 0. The molecule has 0 aromatic heterocycles. The van der Waals surface area contributed by atoms with Crippen LogP contribution in [0.3, 0.4) is 0 Å². The molecule has 7 nitrogen and oxygen atoms in total. The monoisotopic (exact) mass is 264 g/mol. The van der Waals surface area contributed by atoms with E-state index in [0.717, 1.165) is 0 Å². The molecule has 3 unspecified atom stereocenters. The molecule has 0 aromatic rings. The summed E-state index contributed by atoms with van der Waals surface area (Å²) in [6.45, 7) is 5.17. The SMILES string of the molecule is CNC(C(=O)O)C(C)C.CNC(C(=O)O)C(C)O. The standard InChI is InChI=1S/C6H13NO2.C5H11NO3/c1-4(2)5(7-3)6(8)9;1-3(7)4(6-2)5(8)9/h4-5,7H,1-3H3,(H,8,9);3-4,6-7H,1-2H3,(H,8,9). The van der Waals surface area contributed by atoms with Gasteiger partial charge in [-0.05, 0) is 26.9 Å². The van der Waals surface area contributed by atoms with Crippen molar-refractivity contribution in [2.24, 2.45) is 5.92 Å². The molecule has 0 rings (SSSR count). The molecule has 0 aliphatic rings. The molecule has 0 aliphatic heterocycles. The number of rotatable bonds is 6. The second-order valence-electron chi connectivity index (χ2n) is 4.19. The molecule has 0 spiro atoms. The number of nitrogens with one attached hydrogen (secondary N) is 2. The van der Waals surface area contributed by atoms with E-state index < -0.39 is 30.1 Å². The first-order valence-corrected chi connectivity index (χ1v) is 5.67. The van der Waals surface area contributed by atoms with E-state index in [0.29, 0.717) is 0 Å². The van der Waals surface area contributed by atoms with E-state index in [9.17, 15) is 9.59 Å². The lowest BCUT2D eigenvalue weighted by atomic mass is 10.1. The van der Waals surface area contributed by atoms with Crippen LogP contribution in [0.1, 0.15) is 20.8 Å². The molecule has 7 heteroatoms. The zero-order chi connectivity index (χ0) is 14.9. The fourth-order valence-electron chi connectivity index (χ4n) is 1.31. The number of aliphatic hydroxyl groups is 1. The van der Waals surface area contributed by atoms with Gasteiger partial charge in [0, 0.05) is 0 Å². The van der Waals surface area contributed by atoms with Crippen LogP contribution in [0.4, 0.5) is 0 Å². The molecule has 0 amide bonds. The third-order valence-corrected chi connectivity index (χ3v) is 2.30. The zero-order valence-electron chi connectivity index (χ0n) is 11.5. The molecular formula is C11H24N2O5. The van der Waals surface area contributed by atoms with E-state index in [1.807, 2.05) is 13.8 Å². The van der Waals surface area contributed by atoms with Gasteiger partial charge in [0.25, 0.3) is 0 Å². The highest BCUT2D eigenvalue weighted by atomic mass is 16.4. The predicted molar refractivity (Wildman–Crippen MR) is 67.5 cm³/mol. The van der Waals surface area contributed by atoms with Gasteiger partial charge in [0.15, 0.2) is 0 Å². The molecule has 0 aromatic carbocycles. The van der Waals surface area contributed by atoms with Gasteiger partial charge < -0.3 is 26.0 Å².